The van der Waals surface area contributed by atoms with E-state index in [1.54, 1.807) is 0 Å². The fourth-order valence-corrected chi connectivity index (χ4v) is 4.20. The largest absolute Gasteiger partial charge is 0.567 e. The lowest BCUT2D eigenvalue weighted by atomic mass is 10.0. The number of hydrogen-bond acceptors (Lipinski definition) is 10. The Morgan fingerprint density at radius 3 is 2.53 bits per heavy atom. The summed E-state index contributed by atoms with van der Waals surface area (Å²) in [6.07, 6.45) is -2.14. The molecule has 11 nitrogen and oxygen atoms in total. The second-order valence-corrected chi connectivity index (χ2v) is 8.75. The lowest BCUT2D eigenvalue weighted by molar-refractivity contribution is -0.0523. The average molecular weight is 459 g/mol. The van der Waals surface area contributed by atoms with Gasteiger partial charge in [0.05, 0.1) is 6.33 Å². The van der Waals surface area contributed by atoms with Gasteiger partial charge in [0.2, 0.25) is 0 Å². The first-order valence-corrected chi connectivity index (χ1v) is 11.3. The number of hydrogen-bond donors (Lipinski definition) is 5. The van der Waals surface area contributed by atoms with Crippen LogP contribution in [0.3, 0.4) is 0 Å². The molecular weight excluding hydrogens is 439 g/mol. The summed E-state index contributed by atoms with van der Waals surface area (Å²) in [5.41, 5.74) is 2.31. The van der Waals surface area contributed by atoms with Gasteiger partial charge >= 0.3 is 8.17 Å². The van der Waals surface area contributed by atoms with Gasteiger partial charge in [-0.2, -0.15) is 19.2 Å². The standard InChI is InChI=1S/C20H20N4O7P/c25-17-14(8-30-32(27,28)29)31-20(18(17)26)24-10-23-16-15(21-9-22-19(16)24)13-6-5-11-3-1-2-4-12(11)7-13/h1-7,9-10,14,17-18,20,25-29H,8H2/q+1/t14-,17-,18-,20-/m1/s1. The van der Waals surface area contributed by atoms with Gasteiger partial charge in [-0.05, 0) is 16.8 Å². The minimum Gasteiger partial charge on any atom is -0.387 e. The molecule has 1 fully saturated rings. The minimum absolute atomic E-state index is 0.384. The van der Waals surface area contributed by atoms with E-state index in [4.69, 9.17) is 19.4 Å². The molecule has 2 aromatic carbocycles. The smallest absolute Gasteiger partial charge is 0.387 e. The van der Waals surface area contributed by atoms with Crippen molar-refractivity contribution in [2.24, 2.45) is 0 Å². The van der Waals surface area contributed by atoms with Crippen LogP contribution in [0, 0.1) is 0 Å². The number of nitrogens with zero attached hydrogens (tertiary/aromatic N) is 4. The summed E-state index contributed by atoms with van der Waals surface area (Å²) >= 11 is 0. The molecule has 1 aliphatic rings. The Balaban J connectivity index is 1.49. The van der Waals surface area contributed by atoms with Crippen molar-refractivity contribution in [2.75, 3.05) is 6.61 Å². The van der Waals surface area contributed by atoms with Gasteiger partial charge in [0.15, 0.2) is 11.9 Å². The van der Waals surface area contributed by atoms with Crippen molar-refractivity contribution in [3.63, 3.8) is 0 Å². The highest BCUT2D eigenvalue weighted by molar-refractivity contribution is 7.53. The summed E-state index contributed by atoms with van der Waals surface area (Å²) in [7, 11) is -4.50. The van der Waals surface area contributed by atoms with Gasteiger partial charge in [0.25, 0.3) is 0 Å². The van der Waals surface area contributed by atoms with Crippen LogP contribution in [0.5, 0.6) is 0 Å². The van der Waals surface area contributed by atoms with E-state index in [1.165, 1.54) is 17.2 Å². The first kappa shape index (κ1) is 21.3. The molecule has 1 saturated heterocycles. The molecule has 5 rings (SSSR count). The fraction of sp³-hybridized carbons (Fsp3) is 0.250. The van der Waals surface area contributed by atoms with Crippen molar-refractivity contribution < 1.29 is 34.2 Å². The van der Waals surface area contributed by atoms with Gasteiger partial charge in [-0.1, -0.05) is 36.4 Å². The molecule has 0 spiro atoms. The summed E-state index contributed by atoms with van der Waals surface area (Å²) < 4.78 is 11.7. The normalized spacial score (nSPS) is 23.9. The van der Waals surface area contributed by atoms with Crippen LogP contribution in [0.4, 0.5) is 0 Å². The van der Waals surface area contributed by atoms with Gasteiger partial charge in [0.1, 0.15) is 42.5 Å². The number of benzene rings is 2. The maximum Gasteiger partial charge on any atom is 0.567 e. The molecular formula is C20H20N4O7P+. The van der Waals surface area contributed by atoms with Crippen LogP contribution in [-0.2, 0) is 9.26 Å². The molecule has 0 amide bonds. The highest BCUT2D eigenvalue weighted by Crippen LogP contribution is 2.46. The van der Waals surface area contributed by atoms with Crippen LogP contribution in [-0.4, -0.2) is 69.3 Å². The average Bonchev–Trinajstić information content (AvgIpc) is 3.32. The molecule has 4 aromatic rings. The van der Waals surface area contributed by atoms with Crippen LogP contribution >= 0.6 is 8.17 Å². The van der Waals surface area contributed by atoms with Crippen LogP contribution < -0.4 is 0 Å². The summed E-state index contributed by atoms with van der Waals surface area (Å²) in [5, 5.41) is 22.9. The molecule has 0 radical (unpaired) electrons. The Labute approximate surface area is 181 Å². The summed E-state index contributed by atoms with van der Waals surface area (Å²) in [6, 6.07) is 13.9. The number of aliphatic hydroxyl groups is 2. The topological polar surface area (TPSA) is 163 Å². The van der Waals surface area contributed by atoms with E-state index in [0.29, 0.717) is 16.9 Å². The van der Waals surface area contributed by atoms with Crippen molar-refractivity contribution in [2.45, 2.75) is 24.5 Å². The van der Waals surface area contributed by atoms with Gasteiger partial charge < -0.3 is 14.9 Å². The quantitative estimate of drug-likeness (QED) is 0.271. The van der Waals surface area contributed by atoms with E-state index < -0.39 is 39.3 Å². The van der Waals surface area contributed by atoms with Crippen LogP contribution in [0.2, 0.25) is 0 Å². The first-order valence-electron chi connectivity index (χ1n) is 9.72. The van der Waals surface area contributed by atoms with Crippen LogP contribution in [0.15, 0.2) is 55.1 Å². The van der Waals surface area contributed by atoms with E-state index in [2.05, 4.69) is 19.5 Å². The first-order chi connectivity index (χ1) is 15.3. The van der Waals surface area contributed by atoms with Crippen molar-refractivity contribution in [3.05, 3.63) is 55.1 Å². The second-order valence-electron chi connectivity index (χ2n) is 7.46. The second kappa shape index (κ2) is 8.07. The fourth-order valence-electron chi connectivity index (χ4n) is 3.86. The number of imidazole rings is 1. The predicted molar refractivity (Wildman–Crippen MR) is 114 cm³/mol. The number of fused-ring (bicyclic) bond motifs is 2. The lowest BCUT2D eigenvalue weighted by Gasteiger charge is -2.16. The zero-order valence-corrected chi connectivity index (χ0v) is 17.4. The van der Waals surface area contributed by atoms with Crippen molar-refractivity contribution in [3.8, 4) is 11.3 Å². The SMILES string of the molecule is O[C@@H]1[C@H](O)[C@@H](CO[P+](O)(O)O)O[C@H]1n1cnc2c(-c3ccc4ccccc4c3)ncnc21. The maximum atomic E-state index is 10.5. The van der Waals surface area contributed by atoms with Crippen molar-refractivity contribution >= 4 is 30.1 Å². The molecule has 32 heavy (non-hydrogen) atoms. The molecule has 5 N–H and O–H groups in total. The molecule has 0 aliphatic carbocycles. The predicted octanol–water partition coefficient (Wildman–Crippen LogP) is 0.937. The van der Waals surface area contributed by atoms with E-state index >= 15 is 0 Å². The van der Waals surface area contributed by atoms with E-state index in [9.17, 15) is 10.2 Å². The summed E-state index contributed by atoms with van der Waals surface area (Å²) in [4.78, 5) is 40.1. The van der Waals surface area contributed by atoms with Gasteiger partial charge in [-0.25, -0.2) is 15.0 Å². The zero-order valence-electron chi connectivity index (χ0n) is 16.5. The molecule has 0 unspecified atom stereocenters. The number of aromatic nitrogens is 4. The third kappa shape index (κ3) is 3.85. The Kier molecular flexibility index (Phi) is 5.36. The highest BCUT2D eigenvalue weighted by atomic mass is 31.2. The monoisotopic (exact) mass is 459 g/mol. The third-order valence-corrected chi connectivity index (χ3v) is 5.90. The Bertz CT molecular complexity index is 1280. The van der Waals surface area contributed by atoms with Gasteiger partial charge in [0, 0.05) is 5.56 Å². The molecule has 1 aliphatic heterocycles. The number of rotatable bonds is 5. The van der Waals surface area contributed by atoms with E-state index in [1.807, 2.05) is 42.5 Å². The number of ether oxygens (including phenoxy) is 1. The summed E-state index contributed by atoms with van der Waals surface area (Å²) in [5.74, 6) is 0. The van der Waals surface area contributed by atoms with E-state index in [0.717, 1.165) is 16.3 Å². The maximum absolute atomic E-state index is 10.5. The lowest BCUT2D eigenvalue weighted by Crippen LogP contribution is -2.33. The van der Waals surface area contributed by atoms with E-state index in [-0.39, 0.29) is 0 Å². The zero-order chi connectivity index (χ0) is 22.5. The molecule has 4 atom stereocenters. The Morgan fingerprint density at radius 1 is 0.969 bits per heavy atom. The van der Waals surface area contributed by atoms with Gasteiger partial charge in [-0.15, -0.1) is 0 Å². The van der Waals surface area contributed by atoms with Crippen LogP contribution in [0.25, 0.3) is 33.2 Å². The minimum atomic E-state index is -4.50. The molecule has 3 heterocycles. The van der Waals surface area contributed by atoms with Crippen LogP contribution in [0.1, 0.15) is 6.23 Å². The Hall–Kier alpha value is -2.60. The highest BCUT2D eigenvalue weighted by Gasteiger charge is 2.47. The summed E-state index contributed by atoms with van der Waals surface area (Å²) in [6.45, 7) is -0.532. The third-order valence-electron chi connectivity index (χ3n) is 5.41. The van der Waals surface area contributed by atoms with Crippen molar-refractivity contribution in [1.82, 2.24) is 19.5 Å². The molecule has 0 saturated carbocycles. The molecule has 12 heteroatoms. The molecule has 0 bridgehead atoms. The molecule has 166 valence electrons. The number of aliphatic hydroxyl groups excluding tert-OH is 2. The van der Waals surface area contributed by atoms with Crippen molar-refractivity contribution in [1.29, 1.82) is 0 Å². The van der Waals surface area contributed by atoms with Gasteiger partial charge in [-0.3, -0.25) is 4.57 Å². The Morgan fingerprint density at radius 2 is 1.75 bits per heavy atom. The molecule has 2 aromatic heterocycles.